The minimum Gasteiger partial charge on any atom is -0.345 e. The fraction of sp³-hybridized carbons (Fsp3) is 0.444. The second kappa shape index (κ2) is 10.1. The van der Waals surface area contributed by atoms with Gasteiger partial charge in [-0.05, 0) is 48.9 Å². The maximum atomic E-state index is 14.1. The van der Waals surface area contributed by atoms with E-state index in [2.05, 4.69) is 17.4 Å². The summed E-state index contributed by atoms with van der Waals surface area (Å²) in [5.41, 5.74) is -1.08. The van der Waals surface area contributed by atoms with Gasteiger partial charge in [0, 0.05) is 39.0 Å². The molecule has 2 aliphatic rings. The predicted octanol–water partition coefficient (Wildman–Crippen LogP) is 4.22. The lowest BCUT2D eigenvalue weighted by atomic mass is 9.62. The Balaban J connectivity index is 1.43. The molecule has 0 aromatic heterocycles. The number of nitrogens with one attached hydrogen (secondary N) is 1. The van der Waals surface area contributed by atoms with E-state index in [0.717, 1.165) is 5.56 Å². The Morgan fingerprint density at radius 2 is 1.73 bits per heavy atom. The maximum Gasteiger partial charge on any atom is 0.416 e. The third kappa shape index (κ3) is 5.47. The van der Waals surface area contributed by atoms with Crippen LogP contribution in [0.5, 0.6) is 0 Å². The zero-order chi connectivity index (χ0) is 27.0. The number of benzene rings is 2. The van der Waals surface area contributed by atoms with E-state index in [0.29, 0.717) is 57.1 Å². The molecule has 2 aromatic carbocycles. The third-order valence-electron chi connectivity index (χ3n) is 7.65. The van der Waals surface area contributed by atoms with Crippen molar-refractivity contribution in [2.45, 2.75) is 44.3 Å². The SMILES string of the molecule is C[C@@H](NC(=O)c1cc(C(F)(F)F)ccc1F)C(=O)N1CCC2(CC1)CC(=O)N(C)CC2c1ccccc1. The first-order chi connectivity index (χ1) is 17.4. The highest BCUT2D eigenvalue weighted by atomic mass is 19.4. The summed E-state index contributed by atoms with van der Waals surface area (Å²) in [6.07, 6.45) is -3.16. The molecule has 2 fully saturated rings. The van der Waals surface area contributed by atoms with E-state index in [1.807, 2.05) is 18.2 Å². The van der Waals surface area contributed by atoms with Crippen LogP contribution in [0.15, 0.2) is 48.5 Å². The first-order valence-electron chi connectivity index (χ1n) is 12.2. The molecule has 2 atom stereocenters. The van der Waals surface area contributed by atoms with Gasteiger partial charge in [-0.2, -0.15) is 13.2 Å². The van der Waals surface area contributed by atoms with E-state index in [1.165, 1.54) is 6.92 Å². The Morgan fingerprint density at radius 3 is 2.35 bits per heavy atom. The van der Waals surface area contributed by atoms with Crippen molar-refractivity contribution in [3.63, 3.8) is 0 Å². The number of likely N-dealkylation sites (tertiary alicyclic amines) is 2. The normalized spacial score (nSPS) is 20.6. The smallest absolute Gasteiger partial charge is 0.345 e. The first kappa shape index (κ1) is 26.6. The van der Waals surface area contributed by atoms with E-state index in [9.17, 15) is 31.9 Å². The van der Waals surface area contributed by atoms with Crippen molar-refractivity contribution >= 4 is 17.7 Å². The number of alkyl halides is 3. The van der Waals surface area contributed by atoms with Crippen molar-refractivity contribution in [2.75, 3.05) is 26.7 Å². The summed E-state index contributed by atoms with van der Waals surface area (Å²) in [4.78, 5) is 41.6. The van der Waals surface area contributed by atoms with Crippen molar-refractivity contribution in [1.29, 1.82) is 0 Å². The Kier molecular flexibility index (Phi) is 7.30. The lowest BCUT2D eigenvalue weighted by Crippen LogP contribution is -2.55. The van der Waals surface area contributed by atoms with Gasteiger partial charge in [-0.25, -0.2) is 4.39 Å². The molecule has 1 unspecified atom stereocenters. The molecule has 2 saturated heterocycles. The fourth-order valence-electron chi connectivity index (χ4n) is 5.46. The molecular weight excluding hydrogens is 490 g/mol. The summed E-state index contributed by atoms with van der Waals surface area (Å²) in [6.45, 7) is 2.75. The Bertz CT molecular complexity index is 1180. The van der Waals surface area contributed by atoms with E-state index < -0.39 is 41.0 Å². The number of halogens is 4. The van der Waals surface area contributed by atoms with Crippen LogP contribution in [0.1, 0.15) is 53.6 Å². The van der Waals surface area contributed by atoms with Crippen LogP contribution >= 0.6 is 0 Å². The van der Waals surface area contributed by atoms with Crippen LogP contribution in [-0.2, 0) is 15.8 Å². The van der Waals surface area contributed by atoms with Crippen LogP contribution in [0.2, 0.25) is 0 Å². The molecule has 2 aromatic rings. The molecule has 6 nitrogen and oxygen atoms in total. The summed E-state index contributed by atoms with van der Waals surface area (Å²) in [5, 5.41) is 2.33. The van der Waals surface area contributed by atoms with Crippen LogP contribution in [0, 0.1) is 11.2 Å². The largest absolute Gasteiger partial charge is 0.416 e. The Morgan fingerprint density at radius 1 is 1.08 bits per heavy atom. The lowest BCUT2D eigenvalue weighted by molar-refractivity contribution is -0.143. The highest BCUT2D eigenvalue weighted by molar-refractivity contribution is 5.97. The molecule has 2 aliphatic heterocycles. The molecule has 0 saturated carbocycles. The maximum absolute atomic E-state index is 14.1. The molecule has 3 amide bonds. The van der Waals surface area contributed by atoms with Crippen molar-refractivity contribution in [1.82, 2.24) is 15.1 Å². The van der Waals surface area contributed by atoms with Gasteiger partial charge in [0.2, 0.25) is 11.8 Å². The number of piperidine rings is 2. The van der Waals surface area contributed by atoms with Crippen LogP contribution in [0.3, 0.4) is 0 Å². The van der Waals surface area contributed by atoms with Gasteiger partial charge in [-0.3, -0.25) is 14.4 Å². The minimum absolute atomic E-state index is 0.0655. The van der Waals surface area contributed by atoms with Crippen LogP contribution in [0.25, 0.3) is 0 Å². The third-order valence-corrected chi connectivity index (χ3v) is 7.65. The van der Waals surface area contributed by atoms with Crippen molar-refractivity contribution in [3.05, 3.63) is 71.0 Å². The van der Waals surface area contributed by atoms with Gasteiger partial charge >= 0.3 is 6.18 Å². The van der Waals surface area contributed by atoms with Gasteiger partial charge in [-0.15, -0.1) is 0 Å². The number of carbonyl (C=O) groups excluding carboxylic acids is 3. The molecular formula is C27H29F4N3O3. The molecule has 4 rings (SSSR count). The number of amides is 3. The van der Waals surface area contributed by atoms with E-state index in [-0.39, 0.29) is 17.2 Å². The van der Waals surface area contributed by atoms with Gasteiger partial charge in [0.25, 0.3) is 5.91 Å². The summed E-state index contributed by atoms with van der Waals surface area (Å²) in [6, 6.07) is 10.5. The quantitative estimate of drug-likeness (QED) is 0.616. The highest BCUT2D eigenvalue weighted by Crippen LogP contribution is 2.50. The minimum atomic E-state index is -4.74. The summed E-state index contributed by atoms with van der Waals surface area (Å²) in [7, 11) is 1.79. The van der Waals surface area contributed by atoms with Crippen molar-refractivity contribution in [3.8, 4) is 0 Å². The van der Waals surface area contributed by atoms with Gasteiger partial charge in [-0.1, -0.05) is 30.3 Å². The monoisotopic (exact) mass is 519 g/mol. The molecule has 1 spiro atoms. The van der Waals surface area contributed by atoms with Crippen molar-refractivity contribution in [2.24, 2.45) is 5.41 Å². The average Bonchev–Trinajstić information content (AvgIpc) is 2.86. The second-order valence-electron chi connectivity index (χ2n) is 9.99. The number of nitrogens with zero attached hydrogens (tertiary/aromatic N) is 2. The molecule has 37 heavy (non-hydrogen) atoms. The van der Waals surface area contributed by atoms with Gasteiger partial charge in [0.15, 0.2) is 0 Å². The summed E-state index contributed by atoms with van der Waals surface area (Å²) >= 11 is 0. The zero-order valence-corrected chi connectivity index (χ0v) is 20.6. The predicted molar refractivity (Wildman–Crippen MR) is 128 cm³/mol. The molecule has 198 valence electrons. The highest BCUT2D eigenvalue weighted by Gasteiger charge is 2.48. The molecule has 10 heteroatoms. The number of hydrogen-bond donors (Lipinski definition) is 1. The molecule has 2 heterocycles. The van der Waals surface area contributed by atoms with E-state index in [1.54, 1.807) is 16.8 Å². The Hall–Kier alpha value is -3.43. The molecule has 0 radical (unpaired) electrons. The van der Waals surface area contributed by atoms with Crippen LogP contribution < -0.4 is 5.32 Å². The second-order valence-corrected chi connectivity index (χ2v) is 9.99. The standard InChI is InChI=1S/C27H29F4N3O3/c1-17(32-24(36)20-14-19(27(29,30)31)8-9-22(20)28)25(37)34-12-10-26(11-13-34)15-23(35)33(2)16-21(26)18-6-4-3-5-7-18/h3-9,14,17,21H,10-13,15-16H2,1-2H3,(H,32,36)/t17-,21?/m1/s1. The molecule has 0 bridgehead atoms. The number of likely N-dealkylation sites (N-methyl/N-ethyl adjacent to an activating group) is 1. The van der Waals surface area contributed by atoms with E-state index >= 15 is 0 Å². The van der Waals surface area contributed by atoms with Crippen LogP contribution in [-0.4, -0.2) is 60.2 Å². The van der Waals surface area contributed by atoms with Gasteiger partial charge in [0.1, 0.15) is 11.9 Å². The first-order valence-corrected chi connectivity index (χ1v) is 12.2. The summed E-state index contributed by atoms with van der Waals surface area (Å²) < 4.78 is 53.1. The number of rotatable bonds is 4. The fourth-order valence-corrected chi connectivity index (χ4v) is 5.46. The average molecular weight is 520 g/mol. The topological polar surface area (TPSA) is 69.7 Å². The lowest BCUT2D eigenvalue weighted by Gasteiger charge is -2.51. The molecule has 1 N–H and O–H groups in total. The van der Waals surface area contributed by atoms with E-state index in [4.69, 9.17) is 0 Å². The van der Waals surface area contributed by atoms with Crippen molar-refractivity contribution < 1.29 is 31.9 Å². The Labute approximate surface area is 212 Å². The number of carbonyl (C=O) groups is 3. The summed E-state index contributed by atoms with van der Waals surface area (Å²) in [5.74, 6) is -2.43. The zero-order valence-electron chi connectivity index (χ0n) is 20.6. The van der Waals surface area contributed by atoms with Gasteiger partial charge in [0.05, 0.1) is 11.1 Å². The van der Waals surface area contributed by atoms with Crippen LogP contribution in [0.4, 0.5) is 17.6 Å². The number of hydrogen-bond acceptors (Lipinski definition) is 3. The van der Waals surface area contributed by atoms with Gasteiger partial charge < -0.3 is 15.1 Å². The molecule has 0 aliphatic carbocycles.